The van der Waals surface area contributed by atoms with Gasteiger partial charge in [0.1, 0.15) is 11.5 Å². The van der Waals surface area contributed by atoms with Gasteiger partial charge in [-0.2, -0.15) is 0 Å². The van der Waals surface area contributed by atoms with Crippen LogP contribution in [-0.4, -0.2) is 28.4 Å². The molecule has 0 aromatic heterocycles. The van der Waals surface area contributed by atoms with Crippen LogP contribution in [0.25, 0.3) is 0 Å². The van der Waals surface area contributed by atoms with Crippen LogP contribution in [0.3, 0.4) is 0 Å². The van der Waals surface area contributed by atoms with E-state index in [2.05, 4.69) is 5.32 Å². The lowest BCUT2D eigenvalue weighted by molar-refractivity contribution is 0.350. The van der Waals surface area contributed by atoms with Crippen LogP contribution in [0, 0.1) is 0 Å². The fraction of sp³-hybridized carbons (Fsp3) is 0.333. The highest BCUT2D eigenvalue weighted by Gasteiger charge is 2.10. The average Bonchev–Trinajstić information content (AvgIpc) is 2.61. The van der Waals surface area contributed by atoms with E-state index in [0.717, 1.165) is 34.1 Å². The van der Waals surface area contributed by atoms with Crippen LogP contribution in [0.15, 0.2) is 36.4 Å². The molecule has 23 heavy (non-hydrogen) atoms. The van der Waals surface area contributed by atoms with E-state index in [1.165, 1.54) is 0 Å². The highest BCUT2D eigenvalue weighted by molar-refractivity contribution is 5.46. The Morgan fingerprint density at radius 3 is 2.13 bits per heavy atom. The summed E-state index contributed by atoms with van der Waals surface area (Å²) in [6.07, 6.45) is 0. The van der Waals surface area contributed by atoms with E-state index in [0.29, 0.717) is 13.1 Å². The molecule has 0 saturated heterocycles. The molecular formula is C18H23NO4. The van der Waals surface area contributed by atoms with Crippen LogP contribution in [-0.2, 0) is 13.1 Å². The predicted octanol–water partition coefficient (Wildman–Crippen LogP) is 3.01. The molecule has 0 saturated carbocycles. The summed E-state index contributed by atoms with van der Waals surface area (Å²) in [7, 11) is 6.58. The molecule has 0 aliphatic carbocycles. The molecule has 0 unspecified atom stereocenters. The summed E-state index contributed by atoms with van der Waals surface area (Å²) >= 11 is 0. The number of nitrogens with one attached hydrogen (secondary N) is 1. The van der Waals surface area contributed by atoms with Crippen molar-refractivity contribution >= 4 is 0 Å². The molecular weight excluding hydrogens is 294 g/mol. The molecule has 0 atom stereocenters. The minimum atomic E-state index is 0.662. The zero-order chi connectivity index (χ0) is 16.7. The zero-order valence-corrected chi connectivity index (χ0v) is 14.0. The fourth-order valence-electron chi connectivity index (χ4n) is 2.42. The number of hydrogen-bond acceptors (Lipinski definition) is 5. The second-order valence-corrected chi connectivity index (χ2v) is 4.93. The molecule has 2 aromatic carbocycles. The third-order valence-electron chi connectivity index (χ3n) is 3.61. The molecule has 2 aromatic rings. The number of benzene rings is 2. The first-order chi connectivity index (χ1) is 11.2. The lowest BCUT2D eigenvalue weighted by Crippen LogP contribution is -2.14. The Labute approximate surface area is 137 Å². The van der Waals surface area contributed by atoms with Gasteiger partial charge in [0.2, 0.25) is 0 Å². The maximum absolute atomic E-state index is 5.44. The van der Waals surface area contributed by atoms with Crippen molar-refractivity contribution in [3.63, 3.8) is 0 Å². The Balaban J connectivity index is 2.06. The number of ether oxygens (including phenoxy) is 4. The monoisotopic (exact) mass is 317 g/mol. The molecule has 0 heterocycles. The summed E-state index contributed by atoms with van der Waals surface area (Å²) in [5, 5.41) is 3.40. The Bertz CT molecular complexity index is 643. The molecule has 1 N–H and O–H groups in total. The Hall–Kier alpha value is -2.40. The standard InChI is InChI=1S/C18H23NO4/c1-20-15-9-8-13(17(10-15)22-3)11-19-12-14-6-5-7-16(21-2)18(14)23-4/h5-10,19H,11-12H2,1-4H3. The van der Waals surface area contributed by atoms with E-state index in [9.17, 15) is 0 Å². The number of hydrogen-bond donors (Lipinski definition) is 1. The molecule has 2 rings (SSSR count). The van der Waals surface area contributed by atoms with Crippen molar-refractivity contribution in [3.05, 3.63) is 47.5 Å². The summed E-state index contributed by atoms with van der Waals surface area (Å²) < 4.78 is 21.4. The van der Waals surface area contributed by atoms with E-state index in [1.807, 2.05) is 36.4 Å². The van der Waals surface area contributed by atoms with Crippen LogP contribution >= 0.6 is 0 Å². The molecule has 0 radical (unpaired) electrons. The predicted molar refractivity (Wildman–Crippen MR) is 89.6 cm³/mol. The Morgan fingerprint density at radius 1 is 0.739 bits per heavy atom. The molecule has 0 spiro atoms. The van der Waals surface area contributed by atoms with Gasteiger partial charge in [0.25, 0.3) is 0 Å². The highest BCUT2D eigenvalue weighted by atomic mass is 16.5. The van der Waals surface area contributed by atoms with Crippen molar-refractivity contribution in [2.45, 2.75) is 13.1 Å². The molecule has 0 aliphatic heterocycles. The summed E-state index contributed by atoms with van der Waals surface area (Å²) in [6, 6.07) is 11.6. The van der Waals surface area contributed by atoms with E-state index in [-0.39, 0.29) is 0 Å². The van der Waals surface area contributed by atoms with Gasteiger partial charge in [-0.25, -0.2) is 0 Å². The van der Waals surface area contributed by atoms with Crippen molar-refractivity contribution in [3.8, 4) is 23.0 Å². The molecule has 5 heteroatoms. The smallest absolute Gasteiger partial charge is 0.165 e. The molecule has 0 amide bonds. The normalized spacial score (nSPS) is 10.3. The molecule has 5 nitrogen and oxygen atoms in total. The van der Waals surface area contributed by atoms with E-state index in [4.69, 9.17) is 18.9 Å². The summed E-state index contributed by atoms with van der Waals surface area (Å²) in [5.74, 6) is 3.06. The van der Waals surface area contributed by atoms with Gasteiger partial charge in [-0.1, -0.05) is 18.2 Å². The maximum Gasteiger partial charge on any atom is 0.165 e. The van der Waals surface area contributed by atoms with Gasteiger partial charge in [0.05, 0.1) is 28.4 Å². The lowest BCUT2D eigenvalue weighted by atomic mass is 10.1. The molecule has 0 bridgehead atoms. The minimum Gasteiger partial charge on any atom is -0.497 e. The van der Waals surface area contributed by atoms with Crippen LogP contribution in [0.2, 0.25) is 0 Å². The van der Waals surface area contributed by atoms with Gasteiger partial charge in [-0.3, -0.25) is 0 Å². The molecule has 0 aliphatic rings. The van der Waals surface area contributed by atoms with Crippen molar-refractivity contribution < 1.29 is 18.9 Å². The minimum absolute atomic E-state index is 0.662. The summed E-state index contributed by atoms with van der Waals surface area (Å²) in [4.78, 5) is 0. The van der Waals surface area contributed by atoms with Gasteiger partial charge >= 0.3 is 0 Å². The van der Waals surface area contributed by atoms with Gasteiger partial charge in [-0.15, -0.1) is 0 Å². The van der Waals surface area contributed by atoms with Crippen LogP contribution in [0.4, 0.5) is 0 Å². The summed E-state index contributed by atoms with van der Waals surface area (Å²) in [5.41, 5.74) is 2.11. The first-order valence-electron chi connectivity index (χ1n) is 7.35. The average molecular weight is 317 g/mol. The Kier molecular flexibility index (Phi) is 6.11. The highest BCUT2D eigenvalue weighted by Crippen LogP contribution is 2.30. The fourth-order valence-corrected chi connectivity index (χ4v) is 2.42. The van der Waals surface area contributed by atoms with Crippen LogP contribution in [0.1, 0.15) is 11.1 Å². The van der Waals surface area contributed by atoms with Crippen LogP contribution in [0.5, 0.6) is 23.0 Å². The zero-order valence-electron chi connectivity index (χ0n) is 14.0. The maximum atomic E-state index is 5.44. The van der Waals surface area contributed by atoms with E-state index >= 15 is 0 Å². The Morgan fingerprint density at radius 2 is 1.48 bits per heavy atom. The van der Waals surface area contributed by atoms with Gasteiger partial charge < -0.3 is 24.3 Å². The second kappa shape index (κ2) is 8.29. The van der Waals surface area contributed by atoms with Crippen LogP contribution < -0.4 is 24.3 Å². The van der Waals surface area contributed by atoms with Crippen molar-refractivity contribution in [1.29, 1.82) is 0 Å². The quantitative estimate of drug-likeness (QED) is 0.811. The summed E-state index contributed by atoms with van der Waals surface area (Å²) in [6.45, 7) is 1.34. The van der Waals surface area contributed by atoms with Gasteiger partial charge in [-0.05, 0) is 12.1 Å². The third kappa shape index (κ3) is 4.07. The first-order valence-corrected chi connectivity index (χ1v) is 7.35. The topological polar surface area (TPSA) is 49.0 Å². The van der Waals surface area contributed by atoms with Crippen molar-refractivity contribution in [2.24, 2.45) is 0 Å². The molecule has 0 fully saturated rings. The van der Waals surface area contributed by atoms with Crippen molar-refractivity contribution in [2.75, 3.05) is 28.4 Å². The first kappa shape index (κ1) is 17.0. The van der Waals surface area contributed by atoms with E-state index < -0.39 is 0 Å². The largest absolute Gasteiger partial charge is 0.497 e. The molecule has 124 valence electrons. The van der Waals surface area contributed by atoms with E-state index in [1.54, 1.807) is 28.4 Å². The second-order valence-electron chi connectivity index (χ2n) is 4.93. The lowest BCUT2D eigenvalue weighted by Gasteiger charge is -2.14. The number of methoxy groups -OCH3 is 4. The van der Waals surface area contributed by atoms with Gasteiger partial charge in [0, 0.05) is 30.3 Å². The number of rotatable bonds is 8. The van der Waals surface area contributed by atoms with Gasteiger partial charge in [0.15, 0.2) is 11.5 Å². The van der Waals surface area contributed by atoms with Crippen molar-refractivity contribution in [1.82, 2.24) is 5.32 Å². The third-order valence-corrected chi connectivity index (χ3v) is 3.61. The SMILES string of the molecule is COc1ccc(CNCc2cccc(OC)c2OC)c(OC)c1. The number of para-hydroxylation sites is 1.